The molecule has 1 unspecified atom stereocenters. The summed E-state index contributed by atoms with van der Waals surface area (Å²) in [6.45, 7) is 0.907. The Morgan fingerprint density at radius 1 is 1.24 bits per heavy atom. The summed E-state index contributed by atoms with van der Waals surface area (Å²) >= 11 is 0. The molecule has 0 spiro atoms. The Morgan fingerprint density at radius 2 is 2.14 bits per heavy atom. The van der Waals surface area contributed by atoms with Crippen molar-refractivity contribution in [1.82, 2.24) is 9.97 Å². The zero-order valence-electron chi connectivity index (χ0n) is 11.6. The highest BCUT2D eigenvalue weighted by molar-refractivity contribution is 5.46. The molecule has 1 aliphatic rings. The standard InChI is InChI=1S/C15H16N4O2/c20-19(21)13-6-7-15(17-11-13)18-9-2-1-5-14(18)12-4-3-8-16-10-12/h3-4,6-8,10-11,14H,1-2,5,9H2. The molecule has 3 rings (SSSR count). The first-order valence-electron chi connectivity index (χ1n) is 7.03. The fourth-order valence-corrected chi connectivity index (χ4v) is 2.78. The van der Waals surface area contributed by atoms with E-state index in [1.165, 1.54) is 18.7 Å². The van der Waals surface area contributed by atoms with E-state index in [9.17, 15) is 10.1 Å². The van der Waals surface area contributed by atoms with Gasteiger partial charge in [-0.3, -0.25) is 15.1 Å². The number of hydrogen-bond donors (Lipinski definition) is 0. The first-order valence-corrected chi connectivity index (χ1v) is 7.03. The Kier molecular flexibility index (Phi) is 3.77. The number of aromatic nitrogens is 2. The molecule has 6 nitrogen and oxygen atoms in total. The fraction of sp³-hybridized carbons (Fsp3) is 0.333. The van der Waals surface area contributed by atoms with E-state index in [-0.39, 0.29) is 11.7 Å². The second-order valence-corrected chi connectivity index (χ2v) is 5.12. The molecule has 0 N–H and O–H groups in total. The van der Waals surface area contributed by atoms with Crippen LogP contribution >= 0.6 is 0 Å². The Labute approximate surface area is 122 Å². The van der Waals surface area contributed by atoms with Crippen molar-refractivity contribution in [3.63, 3.8) is 0 Å². The van der Waals surface area contributed by atoms with Gasteiger partial charge < -0.3 is 4.90 Å². The highest BCUT2D eigenvalue weighted by atomic mass is 16.6. The molecule has 1 atom stereocenters. The predicted molar refractivity (Wildman–Crippen MR) is 79.1 cm³/mol. The SMILES string of the molecule is O=[N+]([O-])c1ccc(N2CCCCC2c2cccnc2)nc1. The van der Waals surface area contributed by atoms with Crippen LogP contribution in [0.15, 0.2) is 42.9 Å². The number of hydrogen-bond acceptors (Lipinski definition) is 5. The van der Waals surface area contributed by atoms with Gasteiger partial charge in [0, 0.05) is 25.0 Å². The van der Waals surface area contributed by atoms with Gasteiger partial charge in [-0.2, -0.15) is 0 Å². The van der Waals surface area contributed by atoms with E-state index in [1.54, 1.807) is 12.3 Å². The molecule has 0 aromatic carbocycles. The molecule has 1 saturated heterocycles. The van der Waals surface area contributed by atoms with Crippen LogP contribution < -0.4 is 4.90 Å². The molecular weight excluding hydrogens is 268 g/mol. The molecule has 6 heteroatoms. The number of pyridine rings is 2. The number of nitro groups is 1. The molecule has 1 aliphatic heterocycles. The average molecular weight is 284 g/mol. The van der Waals surface area contributed by atoms with Gasteiger partial charge in [0.1, 0.15) is 12.0 Å². The van der Waals surface area contributed by atoms with Gasteiger partial charge in [-0.15, -0.1) is 0 Å². The first kappa shape index (κ1) is 13.5. The van der Waals surface area contributed by atoms with Crippen LogP contribution in [-0.4, -0.2) is 21.4 Å². The topological polar surface area (TPSA) is 72.2 Å². The second-order valence-electron chi connectivity index (χ2n) is 5.12. The molecule has 0 amide bonds. The minimum Gasteiger partial charge on any atom is -0.350 e. The van der Waals surface area contributed by atoms with Crippen molar-refractivity contribution in [2.75, 3.05) is 11.4 Å². The largest absolute Gasteiger partial charge is 0.350 e. The maximum atomic E-state index is 10.7. The van der Waals surface area contributed by atoms with Crippen LogP contribution in [0.3, 0.4) is 0 Å². The maximum absolute atomic E-state index is 10.7. The van der Waals surface area contributed by atoms with Crippen LogP contribution in [0, 0.1) is 10.1 Å². The monoisotopic (exact) mass is 284 g/mol. The lowest BCUT2D eigenvalue weighted by Crippen LogP contribution is -2.34. The number of nitrogens with zero attached hydrogens (tertiary/aromatic N) is 4. The van der Waals surface area contributed by atoms with Crippen molar-refractivity contribution < 1.29 is 4.92 Å². The van der Waals surface area contributed by atoms with Gasteiger partial charge >= 0.3 is 0 Å². The average Bonchev–Trinajstić information content (AvgIpc) is 2.56. The Bertz CT molecular complexity index is 615. The van der Waals surface area contributed by atoms with Crippen molar-refractivity contribution >= 4 is 11.5 Å². The third kappa shape index (κ3) is 2.84. The lowest BCUT2D eigenvalue weighted by atomic mass is 9.96. The van der Waals surface area contributed by atoms with Crippen LogP contribution in [-0.2, 0) is 0 Å². The van der Waals surface area contributed by atoms with Gasteiger partial charge in [0.2, 0.25) is 0 Å². The zero-order chi connectivity index (χ0) is 14.7. The molecule has 2 aromatic rings. The first-order chi connectivity index (χ1) is 10.3. The smallest absolute Gasteiger partial charge is 0.287 e. The lowest BCUT2D eigenvalue weighted by Gasteiger charge is -2.36. The number of rotatable bonds is 3. The Balaban J connectivity index is 1.89. The van der Waals surface area contributed by atoms with Crippen LogP contribution in [0.4, 0.5) is 11.5 Å². The summed E-state index contributed by atoms with van der Waals surface area (Å²) in [4.78, 5) is 21.0. The van der Waals surface area contributed by atoms with Crippen molar-refractivity contribution in [3.8, 4) is 0 Å². The number of piperidine rings is 1. The summed E-state index contributed by atoms with van der Waals surface area (Å²) < 4.78 is 0. The molecule has 0 saturated carbocycles. The highest BCUT2D eigenvalue weighted by Crippen LogP contribution is 2.33. The molecular formula is C15H16N4O2. The van der Waals surface area contributed by atoms with Crippen LogP contribution in [0.1, 0.15) is 30.9 Å². The molecule has 108 valence electrons. The summed E-state index contributed by atoms with van der Waals surface area (Å²) in [5.41, 5.74) is 1.19. The second kappa shape index (κ2) is 5.87. The fourth-order valence-electron chi connectivity index (χ4n) is 2.78. The van der Waals surface area contributed by atoms with Crippen molar-refractivity contribution in [2.24, 2.45) is 0 Å². The third-order valence-electron chi connectivity index (χ3n) is 3.81. The van der Waals surface area contributed by atoms with Crippen LogP contribution in [0.25, 0.3) is 0 Å². The summed E-state index contributed by atoms with van der Waals surface area (Å²) in [6.07, 6.45) is 8.29. The van der Waals surface area contributed by atoms with Crippen molar-refractivity contribution in [2.45, 2.75) is 25.3 Å². The Hall–Kier alpha value is -2.50. The van der Waals surface area contributed by atoms with E-state index in [0.29, 0.717) is 0 Å². The van der Waals surface area contributed by atoms with Crippen LogP contribution in [0.5, 0.6) is 0 Å². The van der Waals surface area contributed by atoms with Crippen LogP contribution in [0.2, 0.25) is 0 Å². The molecule has 2 aromatic heterocycles. The summed E-state index contributed by atoms with van der Waals surface area (Å²) in [7, 11) is 0. The molecule has 0 aliphatic carbocycles. The minimum absolute atomic E-state index is 0.0219. The van der Waals surface area contributed by atoms with Gasteiger partial charge in [-0.1, -0.05) is 6.07 Å². The minimum atomic E-state index is -0.425. The summed E-state index contributed by atoms with van der Waals surface area (Å²) in [6, 6.07) is 7.48. The lowest BCUT2D eigenvalue weighted by molar-refractivity contribution is -0.385. The summed E-state index contributed by atoms with van der Waals surface area (Å²) in [5.74, 6) is 0.786. The quantitative estimate of drug-likeness (QED) is 0.639. The van der Waals surface area contributed by atoms with Gasteiger partial charge in [-0.25, -0.2) is 4.98 Å². The normalized spacial score (nSPS) is 18.5. The van der Waals surface area contributed by atoms with E-state index in [2.05, 4.69) is 20.9 Å². The van der Waals surface area contributed by atoms with Gasteiger partial charge in [-0.05, 0) is 37.0 Å². The van der Waals surface area contributed by atoms with Gasteiger partial charge in [0.15, 0.2) is 0 Å². The van der Waals surface area contributed by atoms with E-state index in [0.717, 1.165) is 30.8 Å². The maximum Gasteiger partial charge on any atom is 0.287 e. The van der Waals surface area contributed by atoms with E-state index in [1.807, 2.05) is 12.3 Å². The van der Waals surface area contributed by atoms with E-state index in [4.69, 9.17) is 0 Å². The Morgan fingerprint density at radius 3 is 2.81 bits per heavy atom. The molecule has 0 bridgehead atoms. The highest BCUT2D eigenvalue weighted by Gasteiger charge is 2.25. The van der Waals surface area contributed by atoms with Gasteiger partial charge in [0.05, 0.1) is 11.0 Å². The van der Waals surface area contributed by atoms with E-state index >= 15 is 0 Å². The summed E-state index contributed by atoms with van der Waals surface area (Å²) in [5, 5.41) is 10.7. The van der Waals surface area contributed by atoms with E-state index < -0.39 is 4.92 Å². The predicted octanol–water partition coefficient (Wildman–Crippen LogP) is 3.12. The molecule has 0 radical (unpaired) electrons. The molecule has 1 fully saturated rings. The number of anilines is 1. The third-order valence-corrected chi connectivity index (χ3v) is 3.81. The van der Waals surface area contributed by atoms with Crippen molar-refractivity contribution in [3.05, 3.63) is 58.5 Å². The molecule has 3 heterocycles. The van der Waals surface area contributed by atoms with Crippen molar-refractivity contribution in [1.29, 1.82) is 0 Å². The zero-order valence-corrected chi connectivity index (χ0v) is 11.6. The molecule has 21 heavy (non-hydrogen) atoms. The van der Waals surface area contributed by atoms with Gasteiger partial charge in [0.25, 0.3) is 5.69 Å².